The van der Waals surface area contributed by atoms with E-state index in [0.717, 1.165) is 22.3 Å². The van der Waals surface area contributed by atoms with Crippen molar-refractivity contribution in [3.8, 4) is 11.5 Å². The molecule has 1 aliphatic heterocycles. The summed E-state index contributed by atoms with van der Waals surface area (Å²) in [5.41, 5.74) is 4.48. The lowest BCUT2D eigenvalue weighted by Gasteiger charge is -2.21. The first-order valence-corrected chi connectivity index (χ1v) is 17.1. The summed E-state index contributed by atoms with van der Waals surface area (Å²) in [6.07, 6.45) is 1.99. The number of hydrogen-bond donors (Lipinski definition) is 0. The van der Waals surface area contributed by atoms with E-state index in [1.807, 2.05) is 50.2 Å². The van der Waals surface area contributed by atoms with Crippen LogP contribution in [0.3, 0.4) is 0 Å². The number of sulfonamides is 1. The number of nitrogens with zero attached hydrogens (tertiary/aromatic N) is 2. The maximum absolute atomic E-state index is 13.9. The second kappa shape index (κ2) is 15.0. The number of ether oxygens (including phenoxy) is 3. The zero-order valence-corrected chi connectivity index (χ0v) is 29.3. The maximum Gasteiger partial charge on any atom is 0.340 e. The van der Waals surface area contributed by atoms with E-state index in [1.54, 1.807) is 63.6 Å². The lowest BCUT2D eigenvalue weighted by atomic mass is 10.1. The molecule has 0 atom stereocenters. The lowest BCUT2D eigenvalue weighted by molar-refractivity contribution is -0.136. The van der Waals surface area contributed by atoms with Crippen molar-refractivity contribution >= 4 is 28.0 Å². The number of carbonyl (C=O) groups excluding carboxylic acids is 2. The van der Waals surface area contributed by atoms with Crippen LogP contribution in [0.4, 0.5) is 0 Å². The highest BCUT2D eigenvalue weighted by molar-refractivity contribution is 7.89. The van der Waals surface area contributed by atoms with Crippen LogP contribution in [0.5, 0.6) is 11.5 Å². The predicted octanol–water partition coefficient (Wildman–Crippen LogP) is 6.22. The minimum atomic E-state index is -3.91. The molecular formula is C38H40N2O8S. The summed E-state index contributed by atoms with van der Waals surface area (Å²) in [6, 6.07) is 23.2. The number of furan rings is 1. The molecule has 3 aromatic carbocycles. The normalized spacial score (nSPS) is 14.2. The van der Waals surface area contributed by atoms with E-state index in [-0.39, 0.29) is 40.8 Å². The minimum absolute atomic E-state index is 0.0582. The molecular weight excluding hydrogens is 644 g/mol. The molecule has 0 saturated carbocycles. The van der Waals surface area contributed by atoms with Crippen molar-refractivity contribution in [2.24, 2.45) is 0 Å². The van der Waals surface area contributed by atoms with Crippen molar-refractivity contribution in [1.29, 1.82) is 0 Å². The molecule has 0 aliphatic carbocycles. The molecule has 0 bridgehead atoms. The van der Waals surface area contributed by atoms with E-state index in [4.69, 9.17) is 18.6 Å². The van der Waals surface area contributed by atoms with E-state index >= 15 is 0 Å². The second-order valence-corrected chi connectivity index (χ2v) is 13.7. The highest BCUT2D eigenvalue weighted by Gasteiger charge is 2.37. The lowest BCUT2D eigenvalue weighted by Crippen LogP contribution is -2.30. The number of rotatable bonds is 13. The molecule has 0 unspecified atom stereocenters. The molecule has 1 amide bonds. The zero-order valence-electron chi connectivity index (χ0n) is 28.5. The Morgan fingerprint density at radius 3 is 2.08 bits per heavy atom. The van der Waals surface area contributed by atoms with E-state index in [1.165, 1.54) is 22.4 Å². The van der Waals surface area contributed by atoms with Gasteiger partial charge in [0, 0.05) is 18.8 Å². The SMILES string of the molecule is COC(=O)C1=C(C)N(CCc2ccc(OC)c(OC)c2)C(=O)/C1=C/c1ccc(CN(Cc2ccc(C)cc2)S(=O)(=O)c2ccc(C)cc2)o1. The van der Waals surface area contributed by atoms with Crippen LogP contribution in [0, 0.1) is 13.8 Å². The van der Waals surface area contributed by atoms with Crippen molar-refractivity contribution in [2.45, 2.75) is 45.2 Å². The summed E-state index contributed by atoms with van der Waals surface area (Å²) >= 11 is 0. The van der Waals surface area contributed by atoms with E-state index in [0.29, 0.717) is 35.9 Å². The molecule has 5 rings (SSSR count). The third kappa shape index (κ3) is 7.79. The Morgan fingerprint density at radius 2 is 1.45 bits per heavy atom. The summed E-state index contributed by atoms with van der Waals surface area (Å²) in [6.45, 7) is 5.93. The number of amides is 1. The van der Waals surface area contributed by atoms with Crippen LogP contribution in [-0.2, 0) is 43.9 Å². The zero-order chi connectivity index (χ0) is 35.3. The molecule has 256 valence electrons. The summed E-state index contributed by atoms with van der Waals surface area (Å²) in [5, 5.41) is 0. The van der Waals surface area contributed by atoms with E-state index < -0.39 is 16.0 Å². The van der Waals surface area contributed by atoms with Gasteiger partial charge in [-0.1, -0.05) is 53.6 Å². The van der Waals surface area contributed by atoms with Crippen LogP contribution < -0.4 is 9.47 Å². The topological polar surface area (TPSA) is 116 Å². The van der Waals surface area contributed by atoms with Gasteiger partial charge < -0.3 is 23.5 Å². The third-order valence-corrected chi connectivity index (χ3v) is 10.2. The average molecular weight is 685 g/mol. The first kappa shape index (κ1) is 35.2. The number of benzene rings is 3. The number of methoxy groups -OCH3 is 3. The van der Waals surface area contributed by atoms with Crippen LogP contribution in [0.25, 0.3) is 6.08 Å². The van der Waals surface area contributed by atoms with Crippen LogP contribution in [-0.4, -0.2) is 57.4 Å². The summed E-state index contributed by atoms with van der Waals surface area (Å²) in [5.74, 6) is 0.809. The van der Waals surface area contributed by atoms with Gasteiger partial charge in [-0.2, -0.15) is 4.31 Å². The molecule has 11 heteroatoms. The fourth-order valence-corrected chi connectivity index (χ4v) is 7.02. The van der Waals surface area contributed by atoms with E-state index in [2.05, 4.69) is 0 Å². The molecule has 1 aliphatic rings. The van der Waals surface area contributed by atoms with Gasteiger partial charge in [-0.15, -0.1) is 0 Å². The Hall–Kier alpha value is -5.13. The van der Waals surface area contributed by atoms with Gasteiger partial charge in [-0.05, 0) is 80.8 Å². The van der Waals surface area contributed by atoms with Gasteiger partial charge in [-0.3, -0.25) is 4.79 Å². The van der Waals surface area contributed by atoms with Crippen molar-refractivity contribution in [3.05, 3.63) is 129 Å². The van der Waals surface area contributed by atoms with Gasteiger partial charge in [0.15, 0.2) is 11.5 Å². The standard InChI is InChI=1S/C38H40N2O8S/c1-25-7-11-29(12-8-25)23-39(49(43,44)32-16-9-26(2)10-17-32)24-31-15-14-30(48-31)22-33-36(38(42)47-6)27(3)40(37(33)41)20-19-28-13-18-34(45-4)35(21-28)46-5/h7-18,21-22H,19-20,23-24H2,1-6H3/b33-22+. The molecule has 4 aromatic rings. The number of hydrogen-bond acceptors (Lipinski definition) is 8. The molecule has 0 saturated heterocycles. The van der Waals surface area contributed by atoms with Crippen molar-refractivity contribution in [3.63, 3.8) is 0 Å². The minimum Gasteiger partial charge on any atom is -0.493 e. The van der Waals surface area contributed by atoms with Gasteiger partial charge in [0.2, 0.25) is 10.0 Å². The Morgan fingerprint density at radius 1 is 0.816 bits per heavy atom. The monoisotopic (exact) mass is 684 g/mol. The Bertz CT molecular complexity index is 2010. The fraction of sp³-hybridized carbons (Fsp3) is 0.263. The molecule has 1 aromatic heterocycles. The van der Waals surface area contributed by atoms with Gasteiger partial charge in [0.1, 0.15) is 11.5 Å². The highest BCUT2D eigenvalue weighted by atomic mass is 32.2. The molecule has 0 fully saturated rings. The number of allylic oxidation sites excluding steroid dienone is 1. The smallest absolute Gasteiger partial charge is 0.340 e. The fourth-order valence-electron chi connectivity index (χ4n) is 5.63. The highest BCUT2D eigenvalue weighted by Crippen LogP contribution is 2.33. The average Bonchev–Trinajstić information content (AvgIpc) is 3.64. The number of aryl methyl sites for hydroxylation is 2. The molecule has 2 heterocycles. The van der Waals surface area contributed by atoms with Crippen LogP contribution in [0.1, 0.15) is 40.7 Å². The largest absolute Gasteiger partial charge is 0.493 e. The maximum atomic E-state index is 13.9. The summed E-state index contributed by atoms with van der Waals surface area (Å²) in [7, 11) is 0.476. The third-order valence-electron chi connectivity index (χ3n) is 8.41. The molecule has 0 spiro atoms. The second-order valence-electron chi connectivity index (χ2n) is 11.8. The van der Waals surface area contributed by atoms with Gasteiger partial charge in [-0.25, -0.2) is 13.2 Å². The van der Waals surface area contributed by atoms with Gasteiger partial charge >= 0.3 is 5.97 Å². The molecule has 49 heavy (non-hydrogen) atoms. The Balaban J connectivity index is 1.41. The van der Waals surface area contributed by atoms with Crippen molar-refractivity contribution < 1.29 is 36.6 Å². The first-order valence-electron chi connectivity index (χ1n) is 15.7. The van der Waals surface area contributed by atoms with Gasteiger partial charge in [0.25, 0.3) is 5.91 Å². The molecule has 0 N–H and O–H groups in total. The van der Waals surface area contributed by atoms with Crippen molar-refractivity contribution in [2.75, 3.05) is 27.9 Å². The molecule has 0 radical (unpaired) electrons. The van der Waals surface area contributed by atoms with E-state index in [9.17, 15) is 18.0 Å². The van der Waals surface area contributed by atoms with Gasteiger partial charge in [0.05, 0.1) is 43.9 Å². The summed E-state index contributed by atoms with van der Waals surface area (Å²) in [4.78, 5) is 28.4. The van der Waals surface area contributed by atoms with Crippen LogP contribution >= 0.6 is 0 Å². The Labute approximate surface area is 287 Å². The van der Waals surface area contributed by atoms with Crippen LogP contribution in [0.15, 0.2) is 105 Å². The summed E-state index contributed by atoms with van der Waals surface area (Å²) < 4.78 is 50.9. The Kier molecular flexibility index (Phi) is 10.7. The quantitative estimate of drug-likeness (QED) is 0.120. The predicted molar refractivity (Wildman–Crippen MR) is 185 cm³/mol. The number of esters is 1. The van der Waals surface area contributed by atoms with Crippen molar-refractivity contribution in [1.82, 2.24) is 9.21 Å². The first-order chi connectivity index (χ1) is 23.4. The number of carbonyl (C=O) groups is 2. The molecule has 10 nitrogen and oxygen atoms in total. The van der Waals surface area contributed by atoms with Crippen LogP contribution in [0.2, 0.25) is 0 Å².